The van der Waals surface area contributed by atoms with Crippen molar-refractivity contribution in [3.8, 4) is 6.07 Å². The molecule has 0 spiro atoms. The van der Waals surface area contributed by atoms with Crippen molar-refractivity contribution in [1.29, 1.82) is 5.26 Å². The zero-order chi connectivity index (χ0) is 12.3. The lowest BCUT2D eigenvalue weighted by atomic mass is 10.0. The van der Waals surface area contributed by atoms with E-state index in [-0.39, 0.29) is 5.60 Å². The molecule has 0 aliphatic carbocycles. The summed E-state index contributed by atoms with van der Waals surface area (Å²) >= 11 is 0. The number of nitrogens with zero attached hydrogens (tertiary/aromatic N) is 1. The minimum atomic E-state index is -0.0883. The molecule has 1 fully saturated rings. The summed E-state index contributed by atoms with van der Waals surface area (Å²) < 4.78 is 5.73. The molecule has 90 valence electrons. The first-order valence-corrected chi connectivity index (χ1v) is 6.02. The van der Waals surface area contributed by atoms with Crippen LogP contribution in [-0.4, -0.2) is 18.8 Å². The van der Waals surface area contributed by atoms with Crippen molar-refractivity contribution in [2.75, 3.05) is 18.5 Å². The molecule has 0 radical (unpaired) electrons. The quantitative estimate of drug-likeness (QED) is 0.868. The molecule has 0 amide bonds. The SMILES string of the molecule is Cc1cccc(C#N)c1NCC1(C)CCCO1. The van der Waals surface area contributed by atoms with Crippen LogP contribution in [0.5, 0.6) is 0 Å². The zero-order valence-corrected chi connectivity index (χ0v) is 10.4. The average molecular weight is 230 g/mol. The van der Waals surface area contributed by atoms with Crippen molar-refractivity contribution in [3.63, 3.8) is 0 Å². The first-order chi connectivity index (χ1) is 8.14. The highest BCUT2D eigenvalue weighted by Gasteiger charge is 2.29. The number of nitriles is 1. The third kappa shape index (κ3) is 2.59. The number of hydrogen-bond acceptors (Lipinski definition) is 3. The maximum Gasteiger partial charge on any atom is 0.101 e. The summed E-state index contributed by atoms with van der Waals surface area (Å²) in [4.78, 5) is 0. The molecule has 17 heavy (non-hydrogen) atoms. The Labute approximate surface area is 102 Å². The fourth-order valence-corrected chi connectivity index (χ4v) is 2.25. The van der Waals surface area contributed by atoms with E-state index in [1.807, 2.05) is 25.1 Å². The summed E-state index contributed by atoms with van der Waals surface area (Å²) in [5, 5.41) is 12.4. The largest absolute Gasteiger partial charge is 0.381 e. The Morgan fingerprint density at radius 1 is 1.53 bits per heavy atom. The standard InChI is InChI=1S/C14H18N2O/c1-11-5-3-6-12(9-15)13(11)16-10-14(2)7-4-8-17-14/h3,5-6,16H,4,7-8,10H2,1-2H3. The third-order valence-corrected chi connectivity index (χ3v) is 3.33. The summed E-state index contributed by atoms with van der Waals surface area (Å²) in [5.41, 5.74) is 2.65. The maximum atomic E-state index is 9.08. The van der Waals surface area contributed by atoms with E-state index in [1.54, 1.807) is 0 Å². The number of hydrogen-bond donors (Lipinski definition) is 1. The van der Waals surface area contributed by atoms with Crippen molar-refractivity contribution < 1.29 is 4.74 Å². The fraction of sp³-hybridized carbons (Fsp3) is 0.500. The second-order valence-corrected chi connectivity index (χ2v) is 4.86. The Kier molecular flexibility index (Phi) is 3.35. The smallest absolute Gasteiger partial charge is 0.101 e. The second-order valence-electron chi connectivity index (χ2n) is 4.86. The zero-order valence-electron chi connectivity index (χ0n) is 10.4. The Morgan fingerprint density at radius 3 is 3.00 bits per heavy atom. The molecule has 1 aliphatic rings. The van der Waals surface area contributed by atoms with E-state index in [9.17, 15) is 0 Å². The van der Waals surface area contributed by atoms with E-state index in [4.69, 9.17) is 10.00 Å². The van der Waals surface area contributed by atoms with Gasteiger partial charge in [-0.1, -0.05) is 12.1 Å². The predicted octanol–water partition coefficient (Wildman–Crippen LogP) is 2.85. The molecule has 3 heteroatoms. The van der Waals surface area contributed by atoms with Crippen LogP contribution in [0.1, 0.15) is 30.9 Å². The highest BCUT2D eigenvalue weighted by Crippen LogP contribution is 2.27. The summed E-state index contributed by atoms with van der Waals surface area (Å²) in [6.07, 6.45) is 2.20. The molecule has 0 saturated carbocycles. The lowest BCUT2D eigenvalue weighted by Crippen LogP contribution is -2.32. The van der Waals surface area contributed by atoms with E-state index < -0.39 is 0 Å². The van der Waals surface area contributed by atoms with Crippen molar-refractivity contribution in [2.45, 2.75) is 32.3 Å². The Hall–Kier alpha value is -1.53. The van der Waals surface area contributed by atoms with Crippen LogP contribution >= 0.6 is 0 Å². The van der Waals surface area contributed by atoms with Gasteiger partial charge in [0.05, 0.1) is 16.9 Å². The van der Waals surface area contributed by atoms with Crippen LogP contribution < -0.4 is 5.32 Å². The number of anilines is 1. The van der Waals surface area contributed by atoms with Gasteiger partial charge in [0, 0.05) is 13.2 Å². The van der Waals surface area contributed by atoms with Gasteiger partial charge in [-0.2, -0.15) is 5.26 Å². The molecular weight excluding hydrogens is 212 g/mol. The maximum absolute atomic E-state index is 9.08. The molecule has 1 unspecified atom stereocenters. The van der Waals surface area contributed by atoms with E-state index >= 15 is 0 Å². The van der Waals surface area contributed by atoms with Gasteiger partial charge in [0.15, 0.2) is 0 Å². The lowest BCUT2D eigenvalue weighted by Gasteiger charge is -2.25. The van der Waals surface area contributed by atoms with Crippen LogP contribution in [0.15, 0.2) is 18.2 Å². The van der Waals surface area contributed by atoms with E-state index in [0.29, 0.717) is 5.56 Å². The molecule has 1 atom stereocenters. The minimum absolute atomic E-state index is 0.0883. The van der Waals surface area contributed by atoms with E-state index in [2.05, 4.69) is 18.3 Å². The Morgan fingerprint density at radius 2 is 2.35 bits per heavy atom. The normalized spacial score (nSPS) is 23.4. The topological polar surface area (TPSA) is 45.0 Å². The van der Waals surface area contributed by atoms with Crippen LogP contribution in [0.3, 0.4) is 0 Å². The first kappa shape index (κ1) is 11.9. The van der Waals surface area contributed by atoms with Gasteiger partial charge in [-0.05, 0) is 38.3 Å². The second kappa shape index (κ2) is 4.77. The molecule has 2 rings (SSSR count). The number of benzene rings is 1. The van der Waals surface area contributed by atoms with Crippen LogP contribution in [0.25, 0.3) is 0 Å². The van der Waals surface area contributed by atoms with Gasteiger partial charge in [0.25, 0.3) is 0 Å². The number of nitrogens with one attached hydrogen (secondary N) is 1. The summed E-state index contributed by atoms with van der Waals surface area (Å²) in [7, 11) is 0. The van der Waals surface area contributed by atoms with Gasteiger partial charge >= 0.3 is 0 Å². The van der Waals surface area contributed by atoms with Gasteiger partial charge < -0.3 is 10.1 Å². The summed E-state index contributed by atoms with van der Waals surface area (Å²) in [6.45, 7) is 5.74. The van der Waals surface area contributed by atoms with E-state index in [1.165, 1.54) is 0 Å². The minimum Gasteiger partial charge on any atom is -0.381 e. The van der Waals surface area contributed by atoms with Crippen LogP contribution in [0.4, 0.5) is 5.69 Å². The van der Waals surface area contributed by atoms with Crippen molar-refractivity contribution >= 4 is 5.69 Å². The number of para-hydroxylation sites is 1. The van der Waals surface area contributed by atoms with Crippen molar-refractivity contribution in [2.24, 2.45) is 0 Å². The highest BCUT2D eigenvalue weighted by atomic mass is 16.5. The van der Waals surface area contributed by atoms with Crippen LogP contribution in [0.2, 0.25) is 0 Å². The molecule has 3 nitrogen and oxygen atoms in total. The number of ether oxygens (including phenoxy) is 1. The van der Waals surface area contributed by atoms with Crippen LogP contribution in [0, 0.1) is 18.3 Å². The lowest BCUT2D eigenvalue weighted by molar-refractivity contribution is 0.0315. The van der Waals surface area contributed by atoms with Gasteiger partial charge in [0.1, 0.15) is 6.07 Å². The molecule has 1 saturated heterocycles. The predicted molar refractivity (Wildman–Crippen MR) is 68.0 cm³/mol. The number of aryl methyl sites for hydroxylation is 1. The summed E-state index contributed by atoms with van der Waals surface area (Å²) in [5.74, 6) is 0. The monoisotopic (exact) mass is 230 g/mol. The molecule has 1 heterocycles. The van der Waals surface area contributed by atoms with Gasteiger partial charge in [-0.3, -0.25) is 0 Å². The fourth-order valence-electron chi connectivity index (χ4n) is 2.25. The molecule has 1 aliphatic heterocycles. The molecule has 0 aromatic heterocycles. The van der Waals surface area contributed by atoms with Gasteiger partial charge in [0.2, 0.25) is 0 Å². The third-order valence-electron chi connectivity index (χ3n) is 3.33. The van der Waals surface area contributed by atoms with Gasteiger partial charge in [-0.25, -0.2) is 0 Å². The van der Waals surface area contributed by atoms with Crippen molar-refractivity contribution in [3.05, 3.63) is 29.3 Å². The van der Waals surface area contributed by atoms with Crippen molar-refractivity contribution in [1.82, 2.24) is 0 Å². The van der Waals surface area contributed by atoms with Crippen LogP contribution in [-0.2, 0) is 4.74 Å². The molecule has 0 bridgehead atoms. The van der Waals surface area contributed by atoms with Gasteiger partial charge in [-0.15, -0.1) is 0 Å². The number of rotatable bonds is 3. The first-order valence-electron chi connectivity index (χ1n) is 6.02. The molecule has 1 N–H and O–H groups in total. The Balaban J connectivity index is 2.11. The molecule has 1 aromatic carbocycles. The highest BCUT2D eigenvalue weighted by molar-refractivity contribution is 5.62. The molecule has 1 aromatic rings. The Bertz CT molecular complexity index is 442. The molecular formula is C14H18N2O. The average Bonchev–Trinajstić information content (AvgIpc) is 2.75. The summed E-state index contributed by atoms with van der Waals surface area (Å²) in [6, 6.07) is 7.99. The van der Waals surface area contributed by atoms with E-state index in [0.717, 1.165) is 37.2 Å².